The van der Waals surface area contributed by atoms with E-state index in [1.54, 1.807) is 0 Å². The maximum absolute atomic E-state index is 5.11. The second-order valence-electron chi connectivity index (χ2n) is 1.40. The van der Waals surface area contributed by atoms with Gasteiger partial charge in [-0.2, -0.15) is 0 Å². The van der Waals surface area contributed by atoms with Crippen molar-refractivity contribution in [3.8, 4) is 0 Å². The Bertz CT molecular complexity index is 29.6. The van der Waals surface area contributed by atoms with E-state index in [1.165, 1.54) is 10.4 Å². The van der Waals surface area contributed by atoms with E-state index in [4.69, 9.17) is 4.74 Å². The molecule has 0 fully saturated rings. The molecule has 0 saturated heterocycles. The molecule has 0 aromatic heterocycles. The summed E-state index contributed by atoms with van der Waals surface area (Å²) in [4.78, 5) is 0. The molecule has 0 aliphatic carbocycles. The fourth-order valence-electron chi connectivity index (χ4n) is 0.348. The van der Waals surface area contributed by atoms with Gasteiger partial charge in [0.1, 0.15) is 0 Å². The molecule has 3 heteroatoms. The molecule has 0 amide bonds. The van der Waals surface area contributed by atoms with Crippen molar-refractivity contribution in [2.75, 3.05) is 13.2 Å². The van der Waals surface area contributed by atoms with Crippen molar-refractivity contribution in [1.29, 1.82) is 0 Å². The van der Waals surface area contributed by atoms with Crippen LogP contribution < -0.4 is 0 Å². The summed E-state index contributed by atoms with van der Waals surface area (Å²) in [7, 11) is 0. The molecule has 0 aliphatic rings. The van der Waals surface area contributed by atoms with Gasteiger partial charge in [0.2, 0.25) is 0 Å². The quantitative estimate of drug-likeness (QED) is 0.578. The summed E-state index contributed by atoms with van der Waals surface area (Å²) in [6, 6.07) is 0. The van der Waals surface area contributed by atoms with Crippen LogP contribution in [0.3, 0.4) is 0 Å². The van der Waals surface area contributed by atoms with E-state index in [2.05, 4.69) is 0 Å². The zero-order valence-corrected chi connectivity index (χ0v) is 10.9. The maximum atomic E-state index is 5.11. The number of rotatable bonds is 4. The Hall–Kier alpha value is 0.855. The number of hydrogen-bond donors (Lipinski definition) is 0. The molecule has 0 heterocycles. The standard InChI is InChI=1S/C5H11O.Hg.H2O/c1-3-5-6-4-2;;/h1,3-5H2,2H3;;1H2/q;+1;/p-1. The van der Waals surface area contributed by atoms with Crippen molar-refractivity contribution in [2.24, 2.45) is 0 Å². The second kappa shape index (κ2) is 10.8. The van der Waals surface area contributed by atoms with Crippen molar-refractivity contribution in [3.63, 3.8) is 0 Å². The van der Waals surface area contributed by atoms with E-state index < -0.39 is 0 Å². The molecule has 0 radical (unpaired) electrons. The minimum absolute atomic E-state index is 0. The Balaban J connectivity index is 0. The minimum Gasteiger partial charge on any atom is -0.870 e. The summed E-state index contributed by atoms with van der Waals surface area (Å²) in [6.07, 6.45) is 1.29. The first-order chi connectivity index (χ1) is 3.41. The van der Waals surface area contributed by atoms with Crippen molar-refractivity contribution in [1.82, 2.24) is 0 Å². The van der Waals surface area contributed by atoms with E-state index in [-0.39, 0.29) is 5.48 Å². The van der Waals surface area contributed by atoms with Crippen molar-refractivity contribution >= 4 is 0 Å². The van der Waals surface area contributed by atoms with Crippen molar-refractivity contribution in [3.05, 3.63) is 0 Å². The first kappa shape index (κ1) is 11.6. The molecule has 1 N–H and O–H groups in total. The first-order valence-electron chi connectivity index (χ1n) is 2.78. The summed E-state index contributed by atoms with van der Waals surface area (Å²) < 4.78 is 6.54. The van der Waals surface area contributed by atoms with Gasteiger partial charge >= 0.3 is 61.3 Å². The van der Waals surface area contributed by atoms with Crippen LogP contribution in [0.2, 0.25) is 3.93 Å². The fourth-order valence-corrected chi connectivity index (χ4v) is 1.14. The third-order valence-electron chi connectivity index (χ3n) is 0.743. The van der Waals surface area contributed by atoms with E-state index in [0.29, 0.717) is 0 Å². The molecular weight excluding hydrogens is 293 g/mol. The van der Waals surface area contributed by atoms with E-state index in [1.807, 2.05) is 6.92 Å². The smallest absolute Gasteiger partial charge is 0.870 e. The molecule has 0 aliphatic heterocycles. The molecule has 2 nitrogen and oxygen atoms in total. The maximum Gasteiger partial charge on any atom is -0.870 e. The van der Waals surface area contributed by atoms with Gasteiger partial charge < -0.3 is 5.48 Å². The van der Waals surface area contributed by atoms with Gasteiger partial charge in [0.05, 0.1) is 0 Å². The van der Waals surface area contributed by atoms with E-state index in [0.717, 1.165) is 39.3 Å². The normalized spacial score (nSPS) is 8.38. The minimum atomic E-state index is 0. The van der Waals surface area contributed by atoms with Crippen LogP contribution in [-0.2, 0) is 30.9 Å². The summed E-state index contributed by atoms with van der Waals surface area (Å²) in [5, 5.41) is 0. The predicted octanol–water partition coefficient (Wildman–Crippen LogP) is 1.20. The zero-order chi connectivity index (χ0) is 5.54. The summed E-state index contributed by atoms with van der Waals surface area (Å²) in [6.45, 7) is 3.91. The first-order valence-corrected chi connectivity index (χ1v) is 6.67. The fraction of sp³-hybridized carbons (Fsp3) is 1.00. The van der Waals surface area contributed by atoms with Crippen LogP contribution in [0.25, 0.3) is 0 Å². The molecule has 8 heavy (non-hydrogen) atoms. The topological polar surface area (TPSA) is 39.2 Å². The van der Waals surface area contributed by atoms with Gasteiger partial charge in [0, 0.05) is 0 Å². The zero-order valence-electron chi connectivity index (χ0n) is 5.39. The van der Waals surface area contributed by atoms with Gasteiger partial charge in [-0.15, -0.1) is 0 Å². The van der Waals surface area contributed by atoms with E-state index >= 15 is 0 Å². The Labute approximate surface area is 66.9 Å². The molecular formula is C5H12HgO2. The van der Waals surface area contributed by atoms with E-state index in [9.17, 15) is 0 Å². The Morgan fingerprint density at radius 2 is 2.12 bits per heavy atom. The third-order valence-corrected chi connectivity index (χ3v) is 2.69. The number of ether oxygens (including phenoxy) is 1. The average molecular weight is 305 g/mol. The Kier molecular flexibility index (Phi) is 15.6. The Morgan fingerprint density at radius 3 is 2.50 bits per heavy atom. The predicted molar refractivity (Wildman–Crippen MR) is 27.9 cm³/mol. The van der Waals surface area contributed by atoms with Gasteiger partial charge in [0.15, 0.2) is 0 Å². The average Bonchev–Trinajstić information content (AvgIpc) is 1.69. The van der Waals surface area contributed by atoms with Crippen LogP contribution in [0.15, 0.2) is 0 Å². The second-order valence-corrected chi connectivity index (χ2v) is 4.15. The number of hydrogen-bond acceptors (Lipinski definition) is 2. The van der Waals surface area contributed by atoms with Gasteiger partial charge in [-0.05, 0) is 0 Å². The molecule has 0 unspecified atom stereocenters. The summed E-state index contributed by atoms with van der Waals surface area (Å²) in [5.41, 5.74) is 0. The van der Waals surface area contributed by atoms with Crippen LogP contribution in [0.5, 0.6) is 0 Å². The van der Waals surface area contributed by atoms with Crippen LogP contribution >= 0.6 is 0 Å². The Morgan fingerprint density at radius 1 is 1.50 bits per heavy atom. The van der Waals surface area contributed by atoms with Gasteiger partial charge in [-0.1, -0.05) is 0 Å². The third kappa shape index (κ3) is 9.97. The summed E-state index contributed by atoms with van der Waals surface area (Å²) >= 11 is 0.990. The van der Waals surface area contributed by atoms with Crippen LogP contribution in [0.1, 0.15) is 13.3 Å². The van der Waals surface area contributed by atoms with Crippen molar-refractivity contribution in [2.45, 2.75) is 17.3 Å². The van der Waals surface area contributed by atoms with Crippen molar-refractivity contribution < 1.29 is 36.3 Å². The summed E-state index contributed by atoms with van der Waals surface area (Å²) in [5.74, 6) is 0. The molecule has 0 atom stereocenters. The molecule has 0 spiro atoms. The van der Waals surface area contributed by atoms with Crippen LogP contribution in [0.4, 0.5) is 0 Å². The van der Waals surface area contributed by atoms with Crippen LogP contribution in [0, 0.1) is 0 Å². The molecule has 46 valence electrons. The van der Waals surface area contributed by atoms with Gasteiger partial charge in [0.25, 0.3) is 0 Å². The molecule has 0 rings (SSSR count). The monoisotopic (exact) mass is 306 g/mol. The molecule has 0 saturated carbocycles. The van der Waals surface area contributed by atoms with Gasteiger partial charge in [-0.25, -0.2) is 0 Å². The van der Waals surface area contributed by atoms with Gasteiger partial charge in [-0.3, -0.25) is 0 Å². The molecule has 0 bridgehead atoms. The van der Waals surface area contributed by atoms with Crippen LogP contribution in [-0.4, -0.2) is 18.7 Å². The SMILES string of the molecule is CCOCC[CH2][Hg+].[OH-]. The molecule has 0 aromatic carbocycles. The largest absolute Gasteiger partial charge is 0.870 e. The molecule has 0 aromatic rings.